The minimum absolute atomic E-state index is 0.0424. The predicted octanol–water partition coefficient (Wildman–Crippen LogP) is 5.64. The van der Waals surface area contributed by atoms with Gasteiger partial charge in [0.1, 0.15) is 4.21 Å². The molecule has 0 aliphatic rings. The molecule has 0 spiro atoms. The summed E-state index contributed by atoms with van der Waals surface area (Å²) in [5, 5.41) is 8.81. The number of rotatable bonds is 6. The Balaban J connectivity index is 1.48. The average Bonchev–Trinajstić information content (AvgIpc) is 3.47. The zero-order valence-corrected chi connectivity index (χ0v) is 20.6. The summed E-state index contributed by atoms with van der Waals surface area (Å²) in [4.78, 5) is 12.5. The summed E-state index contributed by atoms with van der Waals surface area (Å²) in [6.07, 6.45) is -4.61. The van der Waals surface area contributed by atoms with Crippen LogP contribution in [0.3, 0.4) is 0 Å². The number of thiophene rings is 1. The van der Waals surface area contributed by atoms with E-state index in [-0.39, 0.29) is 9.90 Å². The molecule has 2 heterocycles. The Morgan fingerprint density at radius 2 is 1.58 bits per heavy atom. The highest BCUT2D eigenvalue weighted by Gasteiger charge is 2.35. The fraction of sp³-hybridized carbons (Fsp3) is 0.130. The zero-order chi connectivity index (χ0) is 26.1. The van der Waals surface area contributed by atoms with Gasteiger partial charge in [-0.25, -0.2) is 13.2 Å². The first-order valence-electron chi connectivity index (χ1n) is 10.4. The van der Waals surface area contributed by atoms with E-state index in [0.29, 0.717) is 21.9 Å². The van der Waals surface area contributed by atoms with Crippen LogP contribution in [0.15, 0.2) is 77.0 Å². The molecule has 0 saturated heterocycles. The number of para-hydroxylation sites is 1. The molecule has 0 unspecified atom stereocenters. The monoisotopic (exact) mass is 535 g/mol. The van der Waals surface area contributed by atoms with Crippen LogP contribution in [0.2, 0.25) is 0 Å². The Labute approximate surface area is 209 Å². The van der Waals surface area contributed by atoms with Crippen LogP contribution in [0, 0.1) is 0 Å². The van der Waals surface area contributed by atoms with Gasteiger partial charge in [0.25, 0.3) is 10.0 Å². The molecule has 4 rings (SSSR count). The Morgan fingerprint density at radius 1 is 0.972 bits per heavy atom. The summed E-state index contributed by atoms with van der Waals surface area (Å²) >= 11 is 0.843. The number of carbonyl (C=O) groups is 1. The van der Waals surface area contributed by atoms with Crippen molar-refractivity contribution < 1.29 is 26.4 Å². The lowest BCUT2D eigenvalue weighted by molar-refractivity contribution is -0.141. The largest absolute Gasteiger partial charge is 0.435 e. The van der Waals surface area contributed by atoms with Crippen LogP contribution < -0.4 is 14.9 Å². The number of alkyl halides is 3. The van der Waals surface area contributed by atoms with Crippen molar-refractivity contribution in [2.45, 2.75) is 10.4 Å². The van der Waals surface area contributed by atoms with Crippen LogP contribution in [0.1, 0.15) is 5.69 Å². The maximum atomic E-state index is 13.1. The molecule has 0 aliphatic carbocycles. The number of hydrogen-bond acceptors (Lipinski definition) is 5. The van der Waals surface area contributed by atoms with Crippen molar-refractivity contribution in [3.05, 3.63) is 78.5 Å². The minimum Gasteiger partial charge on any atom is -0.308 e. The van der Waals surface area contributed by atoms with Gasteiger partial charge in [-0.05, 0) is 54.6 Å². The number of urea groups is 1. The van der Waals surface area contributed by atoms with E-state index in [1.165, 1.54) is 38.4 Å². The fourth-order valence-corrected chi connectivity index (χ4v) is 6.00. The molecular weight excluding hydrogens is 515 g/mol. The summed E-state index contributed by atoms with van der Waals surface area (Å²) in [6, 6.07) is 18.3. The second kappa shape index (κ2) is 9.66. The molecule has 0 radical (unpaired) electrons. The first kappa shape index (κ1) is 25.3. The van der Waals surface area contributed by atoms with Gasteiger partial charge in [-0.1, -0.05) is 18.2 Å². The Kier molecular flexibility index (Phi) is 6.78. The van der Waals surface area contributed by atoms with Crippen molar-refractivity contribution in [1.82, 2.24) is 9.78 Å². The van der Waals surface area contributed by atoms with Gasteiger partial charge in [0, 0.05) is 25.5 Å². The average molecular weight is 536 g/mol. The molecule has 2 amide bonds. The third-order valence-electron chi connectivity index (χ3n) is 5.14. The van der Waals surface area contributed by atoms with Gasteiger partial charge in [-0.3, -0.25) is 8.99 Å². The Bertz CT molecular complexity index is 1480. The maximum Gasteiger partial charge on any atom is 0.435 e. The summed E-state index contributed by atoms with van der Waals surface area (Å²) in [5.41, 5.74) is 0.502. The normalized spacial score (nSPS) is 11.8. The lowest BCUT2D eigenvalue weighted by atomic mass is 10.3. The number of aromatic nitrogens is 2. The molecule has 0 aliphatic heterocycles. The summed E-state index contributed by atoms with van der Waals surface area (Å²) in [5.74, 6) is 0. The van der Waals surface area contributed by atoms with E-state index in [2.05, 4.69) is 15.7 Å². The van der Waals surface area contributed by atoms with E-state index in [0.717, 1.165) is 26.4 Å². The van der Waals surface area contributed by atoms with Crippen LogP contribution in [0.4, 0.5) is 35.0 Å². The van der Waals surface area contributed by atoms with Crippen molar-refractivity contribution >= 4 is 44.5 Å². The molecule has 2 aromatic carbocycles. The van der Waals surface area contributed by atoms with Crippen LogP contribution in [-0.4, -0.2) is 31.3 Å². The highest BCUT2D eigenvalue weighted by Crippen LogP contribution is 2.36. The SMILES string of the molecule is CN(c1ccc(NC(=O)Nc2ccccc2)cc1)S(=O)(=O)c1ccc(-c2cc(C(F)(F)F)nn2C)s1. The molecule has 13 heteroatoms. The summed E-state index contributed by atoms with van der Waals surface area (Å²) < 4.78 is 67.3. The first-order chi connectivity index (χ1) is 16.9. The molecule has 0 fully saturated rings. The van der Waals surface area contributed by atoms with Crippen molar-refractivity contribution in [3.8, 4) is 10.6 Å². The Morgan fingerprint density at radius 3 is 2.17 bits per heavy atom. The molecule has 8 nitrogen and oxygen atoms in total. The van der Waals surface area contributed by atoms with Gasteiger partial charge in [0.2, 0.25) is 0 Å². The van der Waals surface area contributed by atoms with Crippen LogP contribution in [0.5, 0.6) is 0 Å². The molecular formula is C23H20F3N5O3S2. The second-order valence-corrected chi connectivity index (χ2v) is 10.9. The number of amides is 2. The maximum absolute atomic E-state index is 13.1. The van der Waals surface area contributed by atoms with Crippen LogP contribution in [-0.2, 0) is 23.2 Å². The number of sulfonamides is 1. The highest BCUT2D eigenvalue weighted by molar-refractivity contribution is 7.94. The van der Waals surface area contributed by atoms with Gasteiger partial charge in [-0.2, -0.15) is 18.3 Å². The highest BCUT2D eigenvalue weighted by atomic mass is 32.2. The van der Waals surface area contributed by atoms with E-state index in [1.807, 2.05) is 6.07 Å². The molecule has 0 saturated carbocycles. The first-order valence-corrected chi connectivity index (χ1v) is 12.6. The number of aryl methyl sites for hydroxylation is 1. The Hall–Kier alpha value is -3.84. The summed E-state index contributed by atoms with van der Waals surface area (Å²) in [7, 11) is -1.26. The minimum atomic E-state index is -4.61. The number of anilines is 3. The topological polar surface area (TPSA) is 96.3 Å². The van der Waals surface area contributed by atoms with Crippen LogP contribution in [0.25, 0.3) is 10.6 Å². The smallest absolute Gasteiger partial charge is 0.308 e. The van der Waals surface area contributed by atoms with Gasteiger partial charge < -0.3 is 10.6 Å². The van der Waals surface area contributed by atoms with Gasteiger partial charge in [0.05, 0.1) is 16.3 Å². The molecule has 4 aromatic rings. The second-order valence-electron chi connectivity index (χ2n) is 7.62. The van der Waals surface area contributed by atoms with E-state index < -0.39 is 27.9 Å². The number of halogens is 3. The number of benzene rings is 2. The summed E-state index contributed by atoms with van der Waals surface area (Å²) in [6.45, 7) is 0. The van der Waals surface area contributed by atoms with Crippen molar-refractivity contribution in [2.75, 3.05) is 22.0 Å². The molecule has 0 bridgehead atoms. The number of hydrogen-bond donors (Lipinski definition) is 2. The van der Waals surface area contributed by atoms with E-state index in [4.69, 9.17) is 0 Å². The molecule has 0 atom stereocenters. The predicted molar refractivity (Wildman–Crippen MR) is 133 cm³/mol. The number of nitrogens with zero attached hydrogens (tertiary/aromatic N) is 3. The van der Waals surface area contributed by atoms with Gasteiger partial charge in [0.15, 0.2) is 5.69 Å². The van der Waals surface area contributed by atoms with Crippen LogP contribution >= 0.6 is 11.3 Å². The van der Waals surface area contributed by atoms with Gasteiger partial charge >= 0.3 is 12.2 Å². The van der Waals surface area contributed by atoms with Crippen molar-refractivity contribution in [3.63, 3.8) is 0 Å². The zero-order valence-electron chi connectivity index (χ0n) is 18.9. The molecule has 36 heavy (non-hydrogen) atoms. The fourth-order valence-electron chi connectivity index (χ4n) is 3.28. The third-order valence-corrected chi connectivity index (χ3v) is 8.50. The standard InChI is InChI=1S/C23H20F3N5O3S2/c1-30-18(14-20(29-30)23(24,25)26)19-12-13-21(35-19)36(33,34)31(2)17-10-8-16(9-11-17)28-22(32)27-15-6-4-3-5-7-15/h3-14H,1-2H3,(H2,27,28,32). The van der Waals surface area contributed by atoms with Gasteiger partial charge in [-0.15, -0.1) is 11.3 Å². The third kappa shape index (κ3) is 5.36. The number of nitrogens with one attached hydrogen (secondary N) is 2. The molecule has 2 N–H and O–H groups in total. The molecule has 188 valence electrons. The lowest BCUT2D eigenvalue weighted by Crippen LogP contribution is -2.25. The van der Waals surface area contributed by atoms with E-state index in [9.17, 15) is 26.4 Å². The number of carbonyl (C=O) groups excluding carboxylic acids is 1. The quantitative estimate of drug-likeness (QED) is 0.334. The van der Waals surface area contributed by atoms with E-state index in [1.54, 1.807) is 36.4 Å². The lowest BCUT2D eigenvalue weighted by Gasteiger charge is -2.19. The van der Waals surface area contributed by atoms with Crippen molar-refractivity contribution in [2.24, 2.45) is 7.05 Å². The van der Waals surface area contributed by atoms with E-state index >= 15 is 0 Å². The molecule has 2 aromatic heterocycles. The van der Waals surface area contributed by atoms with Crippen molar-refractivity contribution in [1.29, 1.82) is 0 Å².